The summed E-state index contributed by atoms with van der Waals surface area (Å²) >= 11 is 4.67. The number of halogens is 1. The maximum Gasteiger partial charge on any atom is 0.276 e. The Kier molecular flexibility index (Phi) is 10.2. The number of hydrogen-bond acceptors (Lipinski definition) is 6. The Labute approximate surface area is 254 Å². The van der Waals surface area contributed by atoms with Crippen LogP contribution in [0.3, 0.4) is 0 Å². The van der Waals surface area contributed by atoms with Crippen LogP contribution < -0.4 is 16.0 Å². The molecule has 42 heavy (non-hydrogen) atoms. The fourth-order valence-corrected chi connectivity index (χ4v) is 4.94. The number of anilines is 2. The lowest BCUT2D eigenvalue weighted by molar-refractivity contribution is -0.385. The minimum Gasteiger partial charge on any atom is -0.325 e. The predicted octanol–water partition coefficient (Wildman–Crippen LogP) is 6.89. The number of carbonyl (C=O) groups is 3. The fraction of sp³-hybridized carbons (Fsp3) is 0.0645. The Morgan fingerprint density at radius 2 is 1.55 bits per heavy atom. The van der Waals surface area contributed by atoms with Crippen LogP contribution in [-0.2, 0) is 9.59 Å². The largest absolute Gasteiger partial charge is 0.325 e. The summed E-state index contributed by atoms with van der Waals surface area (Å²) < 4.78 is 0.904. The van der Waals surface area contributed by atoms with Crippen molar-refractivity contribution in [2.75, 3.05) is 10.6 Å². The Morgan fingerprint density at radius 3 is 2.26 bits per heavy atom. The Bertz CT molecular complexity index is 1640. The second kappa shape index (κ2) is 14.2. The van der Waals surface area contributed by atoms with Crippen LogP contribution in [0.25, 0.3) is 6.08 Å². The van der Waals surface area contributed by atoms with Gasteiger partial charge in [0.15, 0.2) is 0 Å². The second-order valence-corrected chi connectivity index (χ2v) is 11.3. The number of carbonyl (C=O) groups excluding carboxylic acids is 3. The van der Waals surface area contributed by atoms with E-state index >= 15 is 0 Å². The first-order valence-corrected chi connectivity index (χ1v) is 14.3. The van der Waals surface area contributed by atoms with Crippen LogP contribution in [0.5, 0.6) is 0 Å². The van der Waals surface area contributed by atoms with Crippen molar-refractivity contribution in [2.24, 2.45) is 0 Å². The smallest absolute Gasteiger partial charge is 0.276 e. The molecule has 0 saturated heterocycles. The number of amides is 3. The summed E-state index contributed by atoms with van der Waals surface area (Å²) in [6.45, 7) is 1.77. The quantitative estimate of drug-likeness (QED) is 0.0746. The van der Waals surface area contributed by atoms with Gasteiger partial charge in [0, 0.05) is 32.4 Å². The molecule has 0 fully saturated rings. The van der Waals surface area contributed by atoms with Crippen LogP contribution in [-0.4, -0.2) is 27.9 Å². The molecule has 212 valence electrons. The molecule has 0 aliphatic heterocycles. The van der Waals surface area contributed by atoms with Gasteiger partial charge < -0.3 is 16.0 Å². The first kappa shape index (κ1) is 30.2. The fourth-order valence-electron chi connectivity index (χ4n) is 3.75. The summed E-state index contributed by atoms with van der Waals surface area (Å²) in [6, 6.07) is 28.4. The van der Waals surface area contributed by atoms with Crippen molar-refractivity contribution in [3.05, 3.63) is 135 Å². The van der Waals surface area contributed by atoms with Crippen molar-refractivity contribution in [3.8, 4) is 0 Å². The lowest BCUT2D eigenvalue weighted by Crippen LogP contribution is -2.30. The standard InChI is InChI=1S/C31H25BrN4O5S/c1-20(29(37)33-24-16-14-23(32)15-17-24)42-26-12-7-11-25(19-26)34-31(39)27(35-30(38)21-8-3-2-4-9-21)18-22-10-5-6-13-28(22)36(40)41/h2-20H,1H3,(H,33,37)(H,34,39)(H,35,38)/b27-18+. The lowest BCUT2D eigenvalue weighted by Gasteiger charge is -2.14. The van der Waals surface area contributed by atoms with Crippen LogP contribution in [0.1, 0.15) is 22.8 Å². The van der Waals surface area contributed by atoms with Crippen LogP contribution in [0.4, 0.5) is 17.1 Å². The van der Waals surface area contributed by atoms with Gasteiger partial charge in [-0.05, 0) is 73.7 Å². The molecule has 0 radical (unpaired) electrons. The van der Waals surface area contributed by atoms with Crippen LogP contribution >= 0.6 is 27.7 Å². The predicted molar refractivity (Wildman–Crippen MR) is 168 cm³/mol. The number of benzene rings is 4. The summed E-state index contributed by atoms with van der Waals surface area (Å²) in [7, 11) is 0. The van der Waals surface area contributed by atoms with E-state index in [1.54, 1.807) is 73.7 Å². The SMILES string of the molecule is CC(Sc1cccc(NC(=O)/C(=C\c2ccccc2[N+](=O)[O-])NC(=O)c2ccccc2)c1)C(=O)Nc1ccc(Br)cc1. The Morgan fingerprint density at radius 1 is 0.857 bits per heavy atom. The second-order valence-electron chi connectivity index (χ2n) is 8.93. The van der Waals surface area contributed by atoms with Crippen molar-refractivity contribution < 1.29 is 19.3 Å². The van der Waals surface area contributed by atoms with E-state index in [9.17, 15) is 24.5 Å². The van der Waals surface area contributed by atoms with Gasteiger partial charge in [0.2, 0.25) is 5.91 Å². The summed E-state index contributed by atoms with van der Waals surface area (Å²) in [5.41, 5.74) is 1.15. The van der Waals surface area contributed by atoms with Crippen LogP contribution in [0, 0.1) is 10.1 Å². The van der Waals surface area contributed by atoms with Crippen molar-refractivity contribution in [2.45, 2.75) is 17.1 Å². The number of thioether (sulfide) groups is 1. The van der Waals surface area contributed by atoms with Gasteiger partial charge in [0.25, 0.3) is 17.5 Å². The zero-order valence-corrected chi connectivity index (χ0v) is 24.6. The molecule has 0 spiro atoms. The Balaban J connectivity index is 1.52. The maximum atomic E-state index is 13.4. The number of nitro benzene ring substituents is 1. The van der Waals surface area contributed by atoms with Crippen molar-refractivity contribution in [1.82, 2.24) is 5.32 Å². The number of nitro groups is 1. The van der Waals surface area contributed by atoms with E-state index in [1.165, 1.54) is 36.0 Å². The topological polar surface area (TPSA) is 130 Å². The first-order chi connectivity index (χ1) is 20.2. The molecule has 0 aliphatic carbocycles. The molecule has 0 bridgehead atoms. The third-order valence-corrected chi connectivity index (χ3v) is 7.47. The highest BCUT2D eigenvalue weighted by molar-refractivity contribution is 9.10. The van der Waals surface area contributed by atoms with E-state index in [0.717, 1.165) is 9.37 Å². The molecule has 1 unspecified atom stereocenters. The molecule has 11 heteroatoms. The molecule has 9 nitrogen and oxygen atoms in total. The van der Waals surface area contributed by atoms with Gasteiger partial charge in [-0.15, -0.1) is 11.8 Å². The monoisotopic (exact) mass is 644 g/mol. The molecule has 3 N–H and O–H groups in total. The average molecular weight is 646 g/mol. The number of para-hydroxylation sites is 1. The van der Waals surface area contributed by atoms with Crippen LogP contribution in [0.2, 0.25) is 0 Å². The third kappa shape index (κ3) is 8.38. The maximum absolute atomic E-state index is 13.4. The van der Waals surface area contributed by atoms with Gasteiger partial charge in [-0.1, -0.05) is 52.3 Å². The van der Waals surface area contributed by atoms with E-state index in [1.807, 2.05) is 18.2 Å². The summed E-state index contributed by atoms with van der Waals surface area (Å²) in [5, 5.41) is 19.3. The van der Waals surface area contributed by atoms with E-state index in [0.29, 0.717) is 16.9 Å². The number of hydrogen-bond donors (Lipinski definition) is 3. The molecule has 4 aromatic rings. The Hall–Kier alpha value is -4.74. The number of rotatable bonds is 10. The third-order valence-electron chi connectivity index (χ3n) is 5.85. The van der Waals surface area contributed by atoms with Crippen molar-refractivity contribution in [3.63, 3.8) is 0 Å². The van der Waals surface area contributed by atoms with E-state index < -0.39 is 22.0 Å². The number of nitrogens with zero attached hydrogens (tertiary/aromatic N) is 1. The average Bonchev–Trinajstić information content (AvgIpc) is 2.98. The molecular weight excluding hydrogens is 620 g/mol. The summed E-state index contributed by atoms with van der Waals surface area (Å²) in [4.78, 5) is 50.7. The molecule has 1 atom stereocenters. The molecule has 4 rings (SSSR count). The van der Waals surface area contributed by atoms with E-state index in [2.05, 4.69) is 31.9 Å². The molecule has 0 heterocycles. The lowest BCUT2D eigenvalue weighted by atomic mass is 10.1. The van der Waals surface area contributed by atoms with Gasteiger partial charge in [0.05, 0.1) is 15.7 Å². The zero-order valence-electron chi connectivity index (χ0n) is 22.2. The van der Waals surface area contributed by atoms with Crippen molar-refractivity contribution >= 4 is 68.6 Å². The molecule has 0 saturated carbocycles. The molecule has 0 aromatic heterocycles. The van der Waals surface area contributed by atoms with Gasteiger partial charge in [-0.25, -0.2) is 0 Å². The van der Waals surface area contributed by atoms with Gasteiger partial charge in [0.1, 0.15) is 5.70 Å². The minimum absolute atomic E-state index is 0.149. The van der Waals surface area contributed by atoms with E-state index in [-0.39, 0.29) is 22.9 Å². The van der Waals surface area contributed by atoms with Crippen LogP contribution in [0.15, 0.2) is 118 Å². The molecule has 3 amide bonds. The normalized spacial score (nSPS) is 11.7. The number of nitrogens with one attached hydrogen (secondary N) is 3. The van der Waals surface area contributed by atoms with Gasteiger partial charge in [-0.2, -0.15) is 0 Å². The summed E-state index contributed by atoms with van der Waals surface area (Å²) in [5.74, 6) is -1.42. The minimum atomic E-state index is -0.680. The van der Waals surface area contributed by atoms with Gasteiger partial charge >= 0.3 is 0 Å². The van der Waals surface area contributed by atoms with Gasteiger partial charge in [-0.3, -0.25) is 24.5 Å². The van der Waals surface area contributed by atoms with E-state index in [4.69, 9.17) is 0 Å². The highest BCUT2D eigenvalue weighted by Crippen LogP contribution is 2.27. The zero-order chi connectivity index (χ0) is 30.1. The highest BCUT2D eigenvalue weighted by Gasteiger charge is 2.19. The first-order valence-electron chi connectivity index (χ1n) is 12.7. The molecule has 4 aromatic carbocycles. The van der Waals surface area contributed by atoms with Crippen molar-refractivity contribution in [1.29, 1.82) is 0 Å². The molecule has 0 aliphatic rings. The molecular formula is C31H25BrN4O5S. The summed E-state index contributed by atoms with van der Waals surface area (Å²) in [6.07, 6.45) is 1.27. The highest BCUT2D eigenvalue weighted by atomic mass is 79.9.